The number of nitrogens with one attached hydrogen (secondary N) is 1. The number of carbonyl (C=O) groups excluding carboxylic acids is 2. The molecule has 0 aliphatic carbocycles. The lowest BCUT2D eigenvalue weighted by molar-refractivity contribution is -0.136. The number of amides is 2. The Kier molecular flexibility index (Phi) is 7.28. The summed E-state index contributed by atoms with van der Waals surface area (Å²) in [6, 6.07) is 17.4. The van der Waals surface area contributed by atoms with Crippen molar-refractivity contribution < 1.29 is 14.3 Å². The van der Waals surface area contributed by atoms with Crippen molar-refractivity contribution in [3.63, 3.8) is 0 Å². The lowest BCUT2D eigenvalue weighted by Crippen LogP contribution is -2.43. The monoisotopic (exact) mass is 394 g/mol. The summed E-state index contributed by atoms with van der Waals surface area (Å²) in [5, 5.41) is 2.96. The first-order valence-electron chi connectivity index (χ1n) is 10.4. The summed E-state index contributed by atoms with van der Waals surface area (Å²) in [5.74, 6) is 1.12. The number of benzene rings is 2. The van der Waals surface area contributed by atoms with Gasteiger partial charge in [-0.25, -0.2) is 0 Å². The molecule has 1 aliphatic rings. The Labute approximate surface area is 173 Å². The van der Waals surface area contributed by atoms with E-state index >= 15 is 0 Å². The van der Waals surface area contributed by atoms with E-state index in [0.29, 0.717) is 31.8 Å². The molecule has 1 unspecified atom stereocenters. The van der Waals surface area contributed by atoms with E-state index in [-0.39, 0.29) is 24.3 Å². The predicted octanol–water partition coefficient (Wildman–Crippen LogP) is 4.46. The van der Waals surface area contributed by atoms with E-state index in [1.54, 1.807) is 4.90 Å². The molecule has 0 radical (unpaired) electrons. The molecule has 5 heteroatoms. The van der Waals surface area contributed by atoms with Crippen LogP contribution in [0.3, 0.4) is 0 Å². The summed E-state index contributed by atoms with van der Waals surface area (Å²) in [6.45, 7) is 5.51. The van der Waals surface area contributed by atoms with Crippen LogP contribution in [0.15, 0.2) is 54.6 Å². The van der Waals surface area contributed by atoms with Gasteiger partial charge in [0.05, 0.1) is 0 Å². The Morgan fingerprint density at radius 3 is 2.41 bits per heavy atom. The van der Waals surface area contributed by atoms with Crippen LogP contribution in [-0.4, -0.2) is 36.4 Å². The Morgan fingerprint density at radius 2 is 1.72 bits per heavy atom. The molecule has 0 bridgehead atoms. The summed E-state index contributed by atoms with van der Waals surface area (Å²) >= 11 is 0. The molecule has 5 nitrogen and oxygen atoms in total. The fourth-order valence-corrected chi connectivity index (χ4v) is 3.63. The second-order valence-electron chi connectivity index (χ2n) is 7.65. The van der Waals surface area contributed by atoms with Crippen molar-refractivity contribution in [3.8, 4) is 5.75 Å². The summed E-state index contributed by atoms with van der Waals surface area (Å²) < 4.78 is 5.86. The van der Waals surface area contributed by atoms with E-state index in [1.807, 2.05) is 48.5 Å². The molecule has 2 aromatic rings. The van der Waals surface area contributed by atoms with E-state index in [0.717, 1.165) is 23.4 Å². The third kappa shape index (κ3) is 5.59. The number of para-hydroxylation sites is 2. The maximum Gasteiger partial charge on any atom is 0.260 e. The zero-order valence-corrected chi connectivity index (χ0v) is 17.3. The second kappa shape index (κ2) is 10.1. The van der Waals surface area contributed by atoms with Gasteiger partial charge in [0.2, 0.25) is 5.91 Å². The van der Waals surface area contributed by atoms with Crippen LogP contribution < -0.4 is 10.1 Å². The third-order valence-electron chi connectivity index (χ3n) is 5.67. The Hall–Kier alpha value is -2.82. The van der Waals surface area contributed by atoms with Crippen molar-refractivity contribution in [3.05, 3.63) is 60.2 Å². The van der Waals surface area contributed by atoms with Gasteiger partial charge in [0.15, 0.2) is 6.61 Å². The average molecular weight is 395 g/mol. The fraction of sp³-hybridized carbons (Fsp3) is 0.417. The number of hydrogen-bond donors (Lipinski definition) is 1. The van der Waals surface area contributed by atoms with Gasteiger partial charge in [0.25, 0.3) is 5.91 Å². The van der Waals surface area contributed by atoms with Crippen LogP contribution in [0.2, 0.25) is 0 Å². The highest BCUT2D eigenvalue weighted by molar-refractivity contribution is 5.92. The van der Waals surface area contributed by atoms with E-state index in [2.05, 4.69) is 25.2 Å². The van der Waals surface area contributed by atoms with Crippen molar-refractivity contribution in [1.82, 2.24) is 4.90 Å². The summed E-state index contributed by atoms with van der Waals surface area (Å²) in [5.41, 5.74) is 1.95. The largest absolute Gasteiger partial charge is 0.483 e. The molecular formula is C24H30N2O3. The maximum atomic E-state index is 12.6. The first kappa shape index (κ1) is 20.9. The van der Waals surface area contributed by atoms with Gasteiger partial charge in [-0.15, -0.1) is 0 Å². The van der Waals surface area contributed by atoms with E-state index in [4.69, 9.17) is 4.74 Å². The van der Waals surface area contributed by atoms with Crippen molar-refractivity contribution in [2.45, 2.75) is 39.0 Å². The number of anilines is 1. The molecule has 1 fully saturated rings. The number of rotatable bonds is 7. The predicted molar refractivity (Wildman–Crippen MR) is 115 cm³/mol. The molecule has 1 atom stereocenters. The lowest BCUT2D eigenvalue weighted by atomic mass is 9.95. The van der Waals surface area contributed by atoms with E-state index in [9.17, 15) is 9.59 Å². The standard InChI is InChI=1S/C24H30N2O3/c1-3-18(2)21-11-7-8-12-22(21)29-17-23(27)26-15-13-19(14-16-26)24(28)25-20-9-5-4-6-10-20/h4-12,18-19H,3,13-17H2,1-2H3,(H,25,28). The molecule has 154 valence electrons. The molecule has 0 saturated carbocycles. The Morgan fingerprint density at radius 1 is 1.07 bits per heavy atom. The SMILES string of the molecule is CCC(C)c1ccccc1OCC(=O)N1CCC(C(=O)Nc2ccccc2)CC1. The number of ether oxygens (including phenoxy) is 1. The molecule has 1 saturated heterocycles. The van der Waals surface area contributed by atoms with Gasteiger partial charge < -0.3 is 15.0 Å². The van der Waals surface area contributed by atoms with Crippen molar-refractivity contribution in [2.75, 3.05) is 25.0 Å². The van der Waals surface area contributed by atoms with Crippen LogP contribution in [-0.2, 0) is 9.59 Å². The molecule has 1 N–H and O–H groups in total. The van der Waals surface area contributed by atoms with Crippen LogP contribution >= 0.6 is 0 Å². The fourth-order valence-electron chi connectivity index (χ4n) is 3.63. The number of nitrogens with zero attached hydrogens (tertiary/aromatic N) is 1. The highest BCUT2D eigenvalue weighted by Crippen LogP contribution is 2.28. The highest BCUT2D eigenvalue weighted by atomic mass is 16.5. The van der Waals surface area contributed by atoms with Gasteiger partial charge in [-0.2, -0.15) is 0 Å². The second-order valence-corrected chi connectivity index (χ2v) is 7.65. The molecular weight excluding hydrogens is 364 g/mol. The molecule has 0 spiro atoms. The zero-order chi connectivity index (χ0) is 20.6. The van der Waals surface area contributed by atoms with Crippen molar-refractivity contribution in [2.24, 2.45) is 5.92 Å². The molecule has 1 heterocycles. The quantitative estimate of drug-likeness (QED) is 0.754. The summed E-state index contributed by atoms with van der Waals surface area (Å²) in [4.78, 5) is 26.8. The number of carbonyl (C=O) groups is 2. The summed E-state index contributed by atoms with van der Waals surface area (Å²) in [6.07, 6.45) is 2.37. The molecule has 2 amide bonds. The van der Waals surface area contributed by atoms with E-state index in [1.165, 1.54) is 0 Å². The minimum Gasteiger partial charge on any atom is -0.483 e. The van der Waals surface area contributed by atoms with Crippen molar-refractivity contribution in [1.29, 1.82) is 0 Å². The third-order valence-corrected chi connectivity index (χ3v) is 5.67. The van der Waals surface area contributed by atoms with E-state index < -0.39 is 0 Å². The summed E-state index contributed by atoms with van der Waals surface area (Å²) in [7, 11) is 0. The number of likely N-dealkylation sites (tertiary alicyclic amines) is 1. The highest BCUT2D eigenvalue weighted by Gasteiger charge is 2.27. The Bertz CT molecular complexity index is 814. The normalized spacial score (nSPS) is 15.6. The zero-order valence-electron chi connectivity index (χ0n) is 17.3. The smallest absolute Gasteiger partial charge is 0.260 e. The van der Waals surface area contributed by atoms with Gasteiger partial charge in [0, 0.05) is 24.7 Å². The van der Waals surface area contributed by atoms with Crippen LogP contribution in [0.4, 0.5) is 5.69 Å². The van der Waals surface area contributed by atoms with Crippen molar-refractivity contribution >= 4 is 17.5 Å². The maximum absolute atomic E-state index is 12.6. The number of piperidine rings is 1. The molecule has 3 rings (SSSR count). The molecule has 2 aromatic carbocycles. The minimum absolute atomic E-state index is 0.0223. The van der Waals surface area contributed by atoms with Gasteiger partial charge >= 0.3 is 0 Å². The lowest BCUT2D eigenvalue weighted by Gasteiger charge is -2.31. The van der Waals surface area contributed by atoms with Gasteiger partial charge in [-0.1, -0.05) is 50.2 Å². The van der Waals surface area contributed by atoms with Crippen LogP contribution in [0.25, 0.3) is 0 Å². The first-order valence-corrected chi connectivity index (χ1v) is 10.4. The van der Waals surface area contributed by atoms with Gasteiger partial charge in [-0.05, 0) is 48.9 Å². The minimum atomic E-state index is -0.0636. The Balaban J connectivity index is 1.47. The van der Waals surface area contributed by atoms with Crippen LogP contribution in [0.1, 0.15) is 44.6 Å². The molecule has 29 heavy (non-hydrogen) atoms. The topological polar surface area (TPSA) is 58.6 Å². The van der Waals surface area contributed by atoms with Crippen LogP contribution in [0, 0.1) is 5.92 Å². The first-order chi connectivity index (χ1) is 14.1. The van der Waals surface area contributed by atoms with Gasteiger partial charge in [0.1, 0.15) is 5.75 Å². The molecule has 0 aromatic heterocycles. The van der Waals surface area contributed by atoms with Gasteiger partial charge in [-0.3, -0.25) is 9.59 Å². The van der Waals surface area contributed by atoms with Crippen LogP contribution in [0.5, 0.6) is 5.75 Å². The number of hydrogen-bond acceptors (Lipinski definition) is 3. The molecule has 1 aliphatic heterocycles. The average Bonchev–Trinajstić information content (AvgIpc) is 2.78.